The van der Waals surface area contributed by atoms with Crippen LogP contribution in [-0.4, -0.2) is 23.9 Å². The van der Waals surface area contributed by atoms with Crippen LogP contribution >= 0.6 is 11.8 Å². The molecule has 0 saturated heterocycles. The van der Waals surface area contributed by atoms with Gasteiger partial charge in [0.2, 0.25) is 5.91 Å². The second kappa shape index (κ2) is 5.97. The van der Waals surface area contributed by atoms with Gasteiger partial charge in [-0.25, -0.2) is 0 Å². The van der Waals surface area contributed by atoms with Crippen molar-refractivity contribution in [1.82, 2.24) is 5.32 Å². The summed E-state index contributed by atoms with van der Waals surface area (Å²) in [5, 5.41) is 3.07. The maximum absolute atomic E-state index is 11.9. The summed E-state index contributed by atoms with van der Waals surface area (Å²) in [7, 11) is 0. The molecule has 1 aliphatic rings. The number of carbonyl (C=O) groups is 1. The van der Waals surface area contributed by atoms with Crippen LogP contribution in [0.15, 0.2) is 29.2 Å². The van der Waals surface area contributed by atoms with Crippen LogP contribution in [0.3, 0.4) is 0 Å². The van der Waals surface area contributed by atoms with Gasteiger partial charge >= 0.3 is 0 Å². The molecule has 0 bridgehead atoms. The Balaban J connectivity index is 1.95. The Morgan fingerprint density at radius 3 is 2.89 bits per heavy atom. The molecule has 3 nitrogen and oxygen atoms in total. The van der Waals surface area contributed by atoms with E-state index in [0.29, 0.717) is 0 Å². The normalized spacial score (nSPS) is 18.8. The van der Waals surface area contributed by atoms with Crippen molar-refractivity contribution in [3.05, 3.63) is 29.8 Å². The van der Waals surface area contributed by atoms with Crippen molar-refractivity contribution < 1.29 is 9.53 Å². The molecule has 0 spiro atoms. The Morgan fingerprint density at radius 1 is 1.42 bits per heavy atom. The zero-order chi connectivity index (χ0) is 13.9. The lowest BCUT2D eigenvalue weighted by Gasteiger charge is -2.26. The standard InChI is InChI=1S/C15H21NO2S/c1-15(2,3)18-10-14(17)16-12-8-9-19-13-7-5-4-6-11(12)13/h4-7,12H,8-10H2,1-3H3,(H,16,17). The first-order chi connectivity index (χ1) is 8.96. The topological polar surface area (TPSA) is 38.3 Å². The van der Waals surface area contributed by atoms with Gasteiger partial charge in [-0.2, -0.15) is 0 Å². The molecule has 104 valence electrons. The number of hydrogen-bond donors (Lipinski definition) is 1. The third-order valence-corrected chi connectivity index (χ3v) is 4.05. The average molecular weight is 279 g/mol. The number of rotatable bonds is 3. The smallest absolute Gasteiger partial charge is 0.246 e. The third-order valence-electron chi connectivity index (χ3n) is 2.93. The minimum absolute atomic E-state index is 0.0402. The van der Waals surface area contributed by atoms with Crippen molar-refractivity contribution in [2.45, 2.75) is 43.7 Å². The van der Waals surface area contributed by atoms with Crippen LogP contribution in [0.2, 0.25) is 0 Å². The van der Waals surface area contributed by atoms with E-state index in [1.807, 2.05) is 44.7 Å². The van der Waals surface area contributed by atoms with E-state index >= 15 is 0 Å². The molecule has 0 saturated carbocycles. The number of thioether (sulfide) groups is 1. The van der Waals surface area contributed by atoms with Gasteiger partial charge in [-0.3, -0.25) is 4.79 Å². The van der Waals surface area contributed by atoms with Crippen LogP contribution in [-0.2, 0) is 9.53 Å². The molecule has 0 aromatic heterocycles. The molecule has 1 aliphatic heterocycles. The van der Waals surface area contributed by atoms with E-state index in [9.17, 15) is 4.79 Å². The fourth-order valence-electron chi connectivity index (χ4n) is 2.01. The maximum Gasteiger partial charge on any atom is 0.246 e. The summed E-state index contributed by atoms with van der Waals surface area (Å²) in [6.45, 7) is 5.97. The number of fused-ring (bicyclic) bond motifs is 1. The first kappa shape index (κ1) is 14.4. The molecule has 1 aromatic carbocycles. The lowest BCUT2D eigenvalue weighted by molar-refractivity contribution is -0.131. The van der Waals surface area contributed by atoms with Crippen LogP contribution in [0.1, 0.15) is 38.8 Å². The molecule has 1 unspecified atom stereocenters. The van der Waals surface area contributed by atoms with Crippen molar-refractivity contribution in [3.63, 3.8) is 0 Å². The van der Waals surface area contributed by atoms with Gasteiger partial charge in [0.1, 0.15) is 6.61 Å². The lowest BCUT2D eigenvalue weighted by atomic mass is 10.0. The van der Waals surface area contributed by atoms with Gasteiger partial charge in [0.05, 0.1) is 11.6 Å². The maximum atomic E-state index is 11.9. The number of ether oxygens (including phenoxy) is 1. The van der Waals surface area contributed by atoms with Crippen LogP contribution in [0.25, 0.3) is 0 Å². The van der Waals surface area contributed by atoms with Crippen molar-refractivity contribution in [3.8, 4) is 0 Å². The summed E-state index contributed by atoms with van der Waals surface area (Å²) in [5.74, 6) is 1.00. The Labute approximate surface area is 119 Å². The highest BCUT2D eigenvalue weighted by Crippen LogP contribution is 2.35. The summed E-state index contributed by atoms with van der Waals surface area (Å²) in [6, 6.07) is 8.39. The Morgan fingerprint density at radius 2 is 2.16 bits per heavy atom. The van der Waals surface area contributed by atoms with Gasteiger partial charge in [0.25, 0.3) is 0 Å². The highest BCUT2D eigenvalue weighted by molar-refractivity contribution is 7.99. The van der Waals surface area contributed by atoms with Crippen molar-refractivity contribution in [2.75, 3.05) is 12.4 Å². The zero-order valence-corrected chi connectivity index (χ0v) is 12.5. The second-order valence-electron chi connectivity index (χ2n) is 5.70. The molecular formula is C15H21NO2S. The van der Waals surface area contributed by atoms with Crippen molar-refractivity contribution in [1.29, 1.82) is 0 Å². The molecule has 1 heterocycles. The van der Waals surface area contributed by atoms with Crippen LogP contribution in [0.4, 0.5) is 0 Å². The Hall–Kier alpha value is -1.00. The van der Waals surface area contributed by atoms with Crippen LogP contribution < -0.4 is 5.32 Å². The quantitative estimate of drug-likeness (QED) is 0.923. The van der Waals surface area contributed by atoms with Crippen molar-refractivity contribution >= 4 is 17.7 Å². The minimum atomic E-state index is -0.280. The first-order valence-electron chi connectivity index (χ1n) is 6.61. The van der Waals surface area contributed by atoms with Crippen LogP contribution in [0, 0.1) is 0 Å². The highest BCUT2D eigenvalue weighted by atomic mass is 32.2. The molecule has 4 heteroatoms. The average Bonchev–Trinajstić information content (AvgIpc) is 2.36. The van der Waals surface area contributed by atoms with E-state index in [0.717, 1.165) is 12.2 Å². The van der Waals surface area contributed by atoms with Gasteiger partial charge in [0, 0.05) is 10.6 Å². The molecule has 1 aromatic rings. The number of amides is 1. The predicted octanol–water partition coefficient (Wildman–Crippen LogP) is 3.15. The van der Waals surface area contributed by atoms with Gasteiger partial charge in [0.15, 0.2) is 0 Å². The van der Waals surface area contributed by atoms with Gasteiger partial charge in [-0.05, 0) is 38.8 Å². The molecule has 0 aliphatic carbocycles. The molecule has 0 radical (unpaired) electrons. The van der Waals surface area contributed by atoms with Crippen molar-refractivity contribution in [2.24, 2.45) is 0 Å². The summed E-state index contributed by atoms with van der Waals surface area (Å²) in [6.07, 6.45) is 0.975. The highest BCUT2D eigenvalue weighted by Gasteiger charge is 2.22. The van der Waals surface area contributed by atoms with E-state index in [1.54, 1.807) is 0 Å². The minimum Gasteiger partial charge on any atom is -0.366 e. The van der Waals surface area contributed by atoms with E-state index in [-0.39, 0.29) is 24.2 Å². The predicted molar refractivity (Wildman–Crippen MR) is 78.4 cm³/mol. The first-order valence-corrected chi connectivity index (χ1v) is 7.59. The van der Waals surface area contributed by atoms with E-state index in [2.05, 4.69) is 17.4 Å². The van der Waals surface area contributed by atoms with Gasteiger partial charge < -0.3 is 10.1 Å². The monoisotopic (exact) mass is 279 g/mol. The number of carbonyl (C=O) groups excluding carboxylic acids is 1. The lowest BCUT2D eigenvalue weighted by Crippen LogP contribution is -2.35. The van der Waals surface area contributed by atoms with E-state index in [4.69, 9.17) is 4.74 Å². The summed E-state index contributed by atoms with van der Waals surface area (Å²) >= 11 is 1.85. The summed E-state index contributed by atoms with van der Waals surface area (Å²) in [4.78, 5) is 13.2. The molecule has 1 atom stereocenters. The number of nitrogens with one attached hydrogen (secondary N) is 1. The largest absolute Gasteiger partial charge is 0.366 e. The van der Waals surface area contributed by atoms with E-state index in [1.165, 1.54) is 10.5 Å². The fraction of sp³-hybridized carbons (Fsp3) is 0.533. The second-order valence-corrected chi connectivity index (χ2v) is 6.83. The van der Waals surface area contributed by atoms with Gasteiger partial charge in [-0.15, -0.1) is 11.8 Å². The third kappa shape index (κ3) is 4.25. The molecule has 2 rings (SSSR count). The Bertz CT molecular complexity index is 454. The Kier molecular flexibility index (Phi) is 4.53. The number of hydrogen-bond acceptors (Lipinski definition) is 3. The molecular weight excluding hydrogens is 258 g/mol. The van der Waals surface area contributed by atoms with Gasteiger partial charge in [-0.1, -0.05) is 18.2 Å². The summed E-state index contributed by atoms with van der Waals surface area (Å²) in [5.41, 5.74) is 0.945. The zero-order valence-electron chi connectivity index (χ0n) is 11.7. The molecule has 19 heavy (non-hydrogen) atoms. The number of benzene rings is 1. The summed E-state index contributed by atoms with van der Waals surface area (Å²) < 4.78 is 5.50. The fourth-order valence-corrected chi connectivity index (χ4v) is 3.14. The molecule has 1 N–H and O–H groups in total. The van der Waals surface area contributed by atoms with Crippen LogP contribution in [0.5, 0.6) is 0 Å². The molecule has 1 amide bonds. The van der Waals surface area contributed by atoms with E-state index < -0.39 is 0 Å². The SMILES string of the molecule is CC(C)(C)OCC(=O)NC1CCSc2ccccc21. The molecule has 0 fully saturated rings.